The van der Waals surface area contributed by atoms with Crippen molar-refractivity contribution in [3.05, 3.63) is 18.2 Å². The molecule has 0 fully saturated rings. The van der Waals surface area contributed by atoms with Crippen LogP contribution in [0.1, 0.15) is 13.8 Å². The molecule has 0 aliphatic carbocycles. The minimum Gasteiger partial charge on any atom is -0.454 e. The number of ether oxygens (including phenoxy) is 2. The van der Waals surface area contributed by atoms with Crippen LogP contribution in [-0.4, -0.2) is 19.9 Å². The fourth-order valence-corrected chi connectivity index (χ4v) is 1.40. The minimum atomic E-state index is 0.337. The van der Waals surface area contributed by atoms with E-state index >= 15 is 0 Å². The van der Waals surface area contributed by atoms with Gasteiger partial charge in [0.25, 0.3) is 0 Å². The van der Waals surface area contributed by atoms with E-state index in [0.717, 1.165) is 17.2 Å². The third-order valence-corrected chi connectivity index (χ3v) is 2.54. The number of rotatable bonds is 2. The van der Waals surface area contributed by atoms with Gasteiger partial charge in [-0.3, -0.25) is 0 Å². The Labute approximate surface area is 84.2 Å². The van der Waals surface area contributed by atoms with E-state index in [1.807, 2.05) is 18.2 Å². The van der Waals surface area contributed by atoms with E-state index in [0.29, 0.717) is 12.8 Å². The van der Waals surface area contributed by atoms with Crippen LogP contribution in [0.15, 0.2) is 18.2 Å². The summed E-state index contributed by atoms with van der Waals surface area (Å²) in [6, 6.07) is 6.50. The standard InChI is InChI=1S/C11H15NO2/c1-8(2)12(3)9-4-5-10-11(6-9)14-7-13-10/h4-6,8H,7H2,1-3H3. The smallest absolute Gasteiger partial charge is 0.231 e. The molecule has 1 aliphatic heterocycles. The Balaban J connectivity index is 2.28. The monoisotopic (exact) mass is 193 g/mol. The van der Waals surface area contributed by atoms with Gasteiger partial charge in [0.2, 0.25) is 6.79 Å². The van der Waals surface area contributed by atoms with Crippen molar-refractivity contribution in [2.24, 2.45) is 0 Å². The Morgan fingerprint density at radius 1 is 1.21 bits per heavy atom. The van der Waals surface area contributed by atoms with Crippen LogP contribution in [0.25, 0.3) is 0 Å². The molecule has 0 amide bonds. The van der Waals surface area contributed by atoms with Crippen LogP contribution in [0.5, 0.6) is 11.5 Å². The molecular formula is C11H15NO2. The average Bonchev–Trinajstić information content (AvgIpc) is 2.62. The Bertz CT molecular complexity index is 336. The predicted octanol–water partition coefficient (Wildman–Crippen LogP) is 2.26. The van der Waals surface area contributed by atoms with Gasteiger partial charge in [-0.25, -0.2) is 0 Å². The van der Waals surface area contributed by atoms with Crippen molar-refractivity contribution in [3.8, 4) is 11.5 Å². The highest BCUT2D eigenvalue weighted by atomic mass is 16.7. The van der Waals surface area contributed by atoms with Crippen LogP contribution < -0.4 is 14.4 Å². The largest absolute Gasteiger partial charge is 0.454 e. The van der Waals surface area contributed by atoms with Gasteiger partial charge < -0.3 is 14.4 Å². The van der Waals surface area contributed by atoms with Crippen molar-refractivity contribution in [1.82, 2.24) is 0 Å². The lowest BCUT2D eigenvalue weighted by molar-refractivity contribution is 0.174. The molecule has 0 aromatic heterocycles. The van der Waals surface area contributed by atoms with Gasteiger partial charge in [-0.15, -0.1) is 0 Å². The molecule has 2 rings (SSSR count). The summed E-state index contributed by atoms with van der Waals surface area (Å²) in [4.78, 5) is 2.20. The Hall–Kier alpha value is -1.38. The zero-order valence-electron chi connectivity index (χ0n) is 8.78. The normalized spacial score (nSPS) is 13.4. The number of hydrogen-bond acceptors (Lipinski definition) is 3. The van der Waals surface area contributed by atoms with E-state index in [1.54, 1.807) is 0 Å². The maximum atomic E-state index is 5.32. The van der Waals surface area contributed by atoms with Gasteiger partial charge in [0.1, 0.15) is 0 Å². The lowest BCUT2D eigenvalue weighted by atomic mass is 10.2. The molecular weight excluding hydrogens is 178 g/mol. The second kappa shape index (κ2) is 3.40. The highest BCUT2D eigenvalue weighted by molar-refractivity contribution is 5.57. The zero-order chi connectivity index (χ0) is 10.1. The van der Waals surface area contributed by atoms with E-state index in [9.17, 15) is 0 Å². The van der Waals surface area contributed by atoms with Gasteiger partial charge in [0, 0.05) is 24.8 Å². The molecule has 0 saturated heterocycles. The Morgan fingerprint density at radius 3 is 2.64 bits per heavy atom. The molecule has 1 heterocycles. The summed E-state index contributed by atoms with van der Waals surface area (Å²) < 4.78 is 10.6. The van der Waals surface area contributed by atoms with Gasteiger partial charge in [-0.1, -0.05) is 0 Å². The van der Waals surface area contributed by atoms with Crippen molar-refractivity contribution in [3.63, 3.8) is 0 Å². The fourth-order valence-electron chi connectivity index (χ4n) is 1.40. The highest BCUT2D eigenvalue weighted by Gasteiger charge is 2.15. The van der Waals surface area contributed by atoms with E-state index in [2.05, 4.69) is 25.8 Å². The second-order valence-corrected chi connectivity index (χ2v) is 3.74. The second-order valence-electron chi connectivity index (χ2n) is 3.74. The van der Waals surface area contributed by atoms with Crippen LogP contribution >= 0.6 is 0 Å². The maximum absolute atomic E-state index is 5.32. The summed E-state index contributed by atoms with van der Waals surface area (Å²) in [5.74, 6) is 1.68. The van der Waals surface area contributed by atoms with Gasteiger partial charge in [0.15, 0.2) is 11.5 Å². The number of hydrogen-bond donors (Lipinski definition) is 0. The van der Waals surface area contributed by atoms with Crippen molar-refractivity contribution in [2.75, 3.05) is 18.7 Å². The van der Waals surface area contributed by atoms with Gasteiger partial charge in [-0.2, -0.15) is 0 Å². The van der Waals surface area contributed by atoms with Crippen molar-refractivity contribution in [1.29, 1.82) is 0 Å². The molecule has 0 atom stereocenters. The first-order valence-corrected chi connectivity index (χ1v) is 4.81. The van der Waals surface area contributed by atoms with E-state index in [-0.39, 0.29) is 0 Å². The van der Waals surface area contributed by atoms with Crippen LogP contribution in [0.3, 0.4) is 0 Å². The molecule has 0 unspecified atom stereocenters. The fraction of sp³-hybridized carbons (Fsp3) is 0.455. The topological polar surface area (TPSA) is 21.7 Å². The summed E-state index contributed by atoms with van der Waals surface area (Å²) in [5.41, 5.74) is 1.16. The van der Waals surface area contributed by atoms with Gasteiger partial charge in [-0.05, 0) is 26.0 Å². The van der Waals surface area contributed by atoms with Gasteiger partial charge >= 0.3 is 0 Å². The molecule has 1 aromatic rings. The summed E-state index contributed by atoms with van der Waals surface area (Å²) in [6.45, 7) is 4.65. The third kappa shape index (κ3) is 1.50. The van der Waals surface area contributed by atoms with Crippen molar-refractivity contribution in [2.45, 2.75) is 19.9 Å². The maximum Gasteiger partial charge on any atom is 0.231 e. The minimum absolute atomic E-state index is 0.337. The molecule has 14 heavy (non-hydrogen) atoms. The highest BCUT2D eigenvalue weighted by Crippen LogP contribution is 2.35. The first-order chi connectivity index (χ1) is 6.68. The lowest BCUT2D eigenvalue weighted by Gasteiger charge is -2.23. The lowest BCUT2D eigenvalue weighted by Crippen LogP contribution is -2.25. The summed E-state index contributed by atoms with van der Waals surface area (Å²) >= 11 is 0. The van der Waals surface area contributed by atoms with Crippen LogP contribution in [-0.2, 0) is 0 Å². The zero-order valence-corrected chi connectivity index (χ0v) is 8.78. The Kier molecular flexibility index (Phi) is 2.23. The molecule has 3 nitrogen and oxygen atoms in total. The molecule has 0 spiro atoms. The molecule has 76 valence electrons. The molecule has 0 saturated carbocycles. The van der Waals surface area contributed by atoms with Gasteiger partial charge in [0.05, 0.1) is 0 Å². The average molecular weight is 193 g/mol. The van der Waals surface area contributed by atoms with Crippen LogP contribution in [0.4, 0.5) is 5.69 Å². The number of nitrogens with zero attached hydrogens (tertiary/aromatic N) is 1. The van der Waals surface area contributed by atoms with E-state index in [1.165, 1.54) is 0 Å². The molecule has 0 N–H and O–H groups in total. The quantitative estimate of drug-likeness (QED) is 0.719. The van der Waals surface area contributed by atoms with E-state index in [4.69, 9.17) is 9.47 Å². The molecule has 1 aromatic carbocycles. The summed E-state index contributed by atoms with van der Waals surface area (Å²) in [6.07, 6.45) is 0. The van der Waals surface area contributed by atoms with Crippen molar-refractivity contribution < 1.29 is 9.47 Å². The first-order valence-electron chi connectivity index (χ1n) is 4.81. The summed E-state index contributed by atoms with van der Waals surface area (Å²) in [7, 11) is 2.07. The van der Waals surface area contributed by atoms with Crippen LogP contribution in [0.2, 0.25) is 0 Å². The number of fused-ring (bicyclic) bond motifs is 1. The molecule has 3 heteroatoms. The first kappa shape index (κ1) is 9.19. The number of anilines is 1. The molecule has 1 aliphatic rings. The predicted molar refractivity (Wildman–Crippen MR) is 56.1 cm³/mol. The summed E-state index contributed by atoms with van der Waals surface area (Å²) in [5, 5.41) is 0. The molecule has 0 radical (unpaired) electrons. The van der Waals surface area contributed by atoms with Crippen molar-refractivity contribution >= 4 is 5.69 Å². The Morgan fingerprint density at radius 2 is 1.93 bits per heavy atom. The SMILES string of the molecule is CC(C)N(C)c1ccc2c(c1)OCO2. The third-order valence-electron chi connectivity index (χ3n) is 2.54. The van der Waals surface area contributed by atoms with E-state index < -0.39 is 0 Å². The molecule has 0 bridgehead atoms. The van der Waals surface area contributed by atoms with Crippen LogP contribution in [0, 0.1) is 0 Å². The number of benzene rings is 1.